The number of carbonyl (C=O) groups is 6. The first-order valence-electron chi connectivity index (χ1n) is 8.44. The highest BCUT2D eigenvalue weighted by Crippen LogP contribution is 2.01. The van der Waals surface area contributed by atoms with Crippen LogP contribution in [0.1, 0.15) is 25.7 Å². The predicted molar refractivity (Wildman–Crippen MR) is 102 cm³/mol. The second-order valence-electron chi connectivity index (χ2n) is 5.96. The normalized spacial score (nSPS) is 13.4. The average Bonchev–Trinajstić information content (AvgIpc) is 2.64. The fourth-order valence-electron chi connectivity index (χ4n) is 1.97. The van der Waals surface area contributed by atoms with E-state index in [-0.39, 0.29) is 31.4 Å². The topological polar surface area (TPSA) is 231 Å². The standard InChI is InChI=1S/C15H25N5O8S/c16-7(1-4-12(23)24)13(25)20-8(2-3-10(17)21)14(26)18-5-11(22)19-9(6-29)15(27)28/h7-9,29H,1-6,16H2,(H2,17,21)(H,18,26)(H,19,22)(H,20,25)(H,23,24)(H,27,28). The van der Waals surface area contributed by atoms with Crippen LogP contribution in [0.15, 0.2) is 0 Å². The molecule has 0 aromatic rings. The molecule has 29 heavy (non-hydrogen) atoms. The smallest absolute Gasteiger partial charge is 0.327 e. The Morgan fingerprint density at radius 3 is 2.00 bits per heavy atom. The van der Waals surface area contributed by atoms with Crippen molar-refractivity contribution in [3.8, 4) is 0 Å². The molecule has 164 valence electrons. The minimum atomic E-state index is -1.30. The molecule has 0 saturated heterocycles. The molecule has 0 aliphatic carbocycles. The maximum Gasteiger partial charge on any atom is 0.327 e. The maximum atomic E-state index is 12.2. The Balaban J connectivity index is 4.84. The van der Waals surface area contributed by atoms with Crippen LogP contribution in [0, 0.1) is 0 Å². The highest BCUT2D eigenvalue weighted by Gasteiger charge is 2.25. The van der Waals surface area contributed by atoms with Crippen molar-refractivity contribution in [3.63, 3.8) is 0 Å². The van der Waals surface area contributed by atoms with E-state index in [4.69, 9.17) is 21.7 Å². The number of nitrogens with two attached hydrogens (primary N) is 2. The molecule has 13 nitrogen and oxygen atoms in total. The third-order valence-corrected chi connectivity index (χ3v) is 3.92. The van der Waals surface area contributed by atoms with Crippen molar-refractivity contribution < 1.29 is 39.0 Å². The number of carboxylic acids is 2. The van der Waals surface area contributed by atoms with E-state index in [0.717, 1.165) is 0 Å². The van der Waals surface area contributed by atoms with Crippen LogP contribution < -0.4 is 27.4 Å². The monoisotopic (exact) mass is 435 g/mol. The summed E-state index contributed by atoms with van der Waals surface area (Å²) in [6.07, 6.45) is -0.971. The molecule has 0 rings (SSSR count). The Bertz CT molecular complexity index is 644. The lowest BCUT2D eigenvalue weighted by molar-refractivity contribution is -0.141. The van der Waals surface area contributed by atoms with Crippen LogP contribution in [-0.4, -0.2) is 76.2 Å². The van der Waals surface area contributed by atoms with Gasteiger partial charge in [-0.2, -0.15) is 12.6 Å². The molecule has 3 unspecified atom stereocenters. The minimum Gasteiger partial charge on any atom is -0.481 e. The van der Waals surface area contributed by atoms with Gasteiger partial charge in [0.05, 0.1) is 12.6 Å². The van der Waals surface area contributed by atoms with Gasteiger partial charge in [-0.25, -0.2) is 4.79 Å². The first-order chi connectivity index (χ1) is 13.5. The quantitative estimate of drug-likeness (QED) is 0.127. The molecule has 0 aromatic heterocycles. The lowest BCUT2D eigenvalue weighted by Crippen LogP contribution is -2.53. The minimum absolute atomic E-state index is 0.166. The maximum absolute atomic E-state index is 12.2. The van der Waals surface area contributed by atoms with Crippen molar-refractivity contribution in [2.75, 3.05) is 12.3 Å². The van der Waals surface area contributed by atoms with E-state index in [9.17, 15) is 28.8 Å². The molecule has 14 heteroatoms. The third kappa shape index (κ3) is 11.5. The number of carboxylic acid groups (broad SMARTS) is 2. The van der Waals surface area contributed by atoms with E-state index in [1.807, 2.05) is 0 Å². The SMILES string of the molecule is NC(=O)CCC(NC(=O)C(N)CCC(=O)O)C(=O)NCC(=O)NC(CS)C(=O)O. The van der Waals surface area contributed by atoms with Gasteiger partial charge in [0, 0.05) is 18.6 Å². The summed E-state index contributed by atoms with van der Waals surface area (Å²) < 4.78 is 0. The molecule has 3 atom stereocenters. The van der Waals surface area contributed by atoms with E-state index in [0.29, 0.717) is 0 Å². The number of carbonyl (C=O) groups excluding carboxylic acids is 4. The summed E-state index contributed by atoms with van der Waals surface area (Å²) in [5.41, 5.74) is 10.6. The lowest BCUT2D eigenvalue weighted by Gasteiger charge is -2.20. The molecular formula is C15H25N5O8S. The zero-order valence-electron chi connectivity index (χ0n) is 15.4. The largest absolute Gasteiger partial charge is 0.481 e. The van der Waals surface area contributed by atoms with Crippen LogP contribution >= 0.6 is 12.6 Å². The predicted octanol–water partition coefficient (Wildman–Crippen LogP) is -3.46. The summed E-state index contributed by atoms with van der Waals surface area (Å²) >= 11 is 3.78. The van der Waals surface area contributed by atoms with Gasteiger partial charge in [-0.1, -0.05) is 0 Å². The van der Waals surface area contributed by atoms with Crippen LogP contribution in [0.5, 0.6) is 0 Å². The molecule has 4 amide bonds. The Morgan fingerprint density at radius 1 is 0.897 bits per heavy atom. The summed E-state index contributed by atoms with van der Waals surface area (Å²) in [5.74, 6) is -5.81. The van der Waals surface area contributed by atoms with Gasteiger partial charge in [-0.3, -0.25) is 24.0 Å². The molecule has 0 spiro atoms. The summed E-state index contributed by atoms with van der Waals surface area (Å²) in [4.78, 5) is 68.4. The highest BCUT2D eigenvalue weighted by molar-refractivity contribution is 7.80. The molecule has 0 fully saturated rings. The Morgan fingerprint density at radius 2 is 1.52 bits per heavy atom. The number of hydrogen-bond acceptors (Lipinski definition) is 8. The molecule has 0 heterocycles. The molecule has 9 N–H and O–H groups in total. The van der Waals surface area contributed by atoms with Gasteiger partial charge >= 0.3 is 11.9 Å². The number of amides is 4. The highest BCUT2D eigenvalue weighted by atomic mass is 32.1. The average molecular weight is 435 g/mol. The van der Waals surface area contributed by atoms with Gasteiger partial charge < -0.3 is 37.6 Å². The third-order valence-electron chi connectivity index (χ3n) is 3.56. The van der Waals surface area contributed by atoms with E-state index in [1.54, 1.807) is 0 Å². The van der Waals surface area contributed by atoms with Crippen molar-refractivity contribution in [1.82, 2.24) is 16.0 Å². The zero-order valence-corrected chi connectivity index (χ0v) is 16.3. The van der Waals surface area contributed by atoms with Crippen LogP contribution in [0.2, 0.25) is 0 Å². The van der Waals surface area contributed by atoms with Gasteiger partial charge in [-0.05, 0) is 12.8 Å². The van der Waals surface area contributed by atoms with Gasteiger partial charge in [-0.15, -0.1) is 0 Å². The van der Waals surface area contributed by atoms with E-state index in [1.165, 1.54) is 0 Å². The summed E-state index contributed by atoms with van der Waals surface area (Å²) in [5, 5.41) is 24.1. The number of rotatable bonds is 14. The lowest BCUT2D eigenvalue weighted by atomic mass is 10.1. The number of aliphatic carboxylic acids is 2. The first-order valence-corrected chi connectivity index (χ1v) is 9.07. The molecule has 0 saturated carbocycles. The molecule has 0 aliphatic rings. The number of nitrogens with one attached hydrogen (secondary N) is 3. The Labute approximate surface area is 171 Å². The van der Waals surface area contributed by atoms with Crippen molar-refractivity contribution >= 4 is 48.2 Å². The van der Waals surface area contributed by atoms with Crippen molar-refractivity contribution in [2.45, 2.75) is 43.8 Å². The van der Waals surface area contributed by atoms with Gasteiger partial charge in [0.25, 0.3) is 0 Å². The second kappa shape index (κ2) is 13.3. The summed E-state index contributed by atoms with van der Waals surface area (Å²) in [6, 6.07) is -3.72. The van der Waals surface area contributed by atoms with Gasteiger partial charge in [0.15, 0.2) is 0 Å². The van der Waals surface area contributed by atoms with Crippen LogP contribution in [0.25, 0.3) is 0 Å². The summed E-state index contributed by atoms with van der Waals surface area (Å²) in [6.45, 7) is -0.593. The van der Waals surface area contributed by atoms with Crippen LogP contribution in [-0.2, 0) is 28.8 Å². The fraction of sp³-hybridized carbons (Fsp3) is 0.600. The van der Waals surface area contributed by atoms with Gasteiger partial charge in [0.1, 0.15) is 12.1 Å². The molecule has 0 bridgehead atoms. The summed E-state index contributed by atoms with van der Waals surface area (Å²) in [7, 11) is 0. The Hall–Kier alpha value is -2.87. The molecule has 0 radical (unpaired) electrons. The van der Waals surface area contributed by atoms with Crippen LogP contribution in [0.4, 0.5) is 0 Å². The second-order valence-corrected chi connectivity index (χ2v) is 6.33. The van der Waals surface area contributed by atoms with Crippen molar-refractivity contribution in [3.05, 3.63) is 0 Å². The van der Waals surface area contributed by atoms with Gasteiger partial charge in [0.2, 0.25) is 23.6 Å². The first kappa shape index (κ1) is 26.1. The number of primary amides is 1. The fourth-order valence-corrected chi connectivity index (χ4v) is 2.21. The number of hydrogen-bond donors (Lipinski definition) is 8. The Kier molecular flexibility index (Phi) is 12.0. The zero-order chi connectivity index (χ0) is 22.6. The molecule has 0 aliphatic heterocycles. The van der Waals surface area contributed by atoms with Crippen molar-refractivity contribution in [2.24, 2.45) is 11.5 Å². The van der Waals surface area contributed by atoms with E-state index in [2.05, 4.69) is 28.6 Å². The van der Waals surface area contributed by atoms with Crippen molar-refractivity contribution in [1.29, 1.82) is 0 Å². The van der Waals surface area contributed by atoms with E-state index >= 15 is 0 Å². The number of thiol groups is 1. The van der Waals surface area contributed by atoms with Crippen LogP contribution in [0.3, 0.4) is 0 Å². The van der Waals surface area contributed by atoms with E-state index < -0.39 is 60.2 Å². The molecular weight excluding hydrogens is 410 g/mol. The molecule has 0 aromatic carbocycles.